The van der Waals surface area contributed by atoms with Crippen LogP contribution in [0.2, 0.25) is 0 Å². The molecule has 0 spiro atoms. The molecule has 252 valence electrons. The predicted octanol–water partition coefficient (Wildman–Crippen LogP) is 4.84. The molecule has 4 rings (SSSR count). The molecule has 0 saturated carbocycles. The number of hydrogen-bond acceptors (Lipinski definition) is 7. The van der Waals surface area contributed by atoms with E-state index in [0.717, 1.165) is 33.8 Å². The Hall–Kier alpha value is -4.09. The fraction of sp³-hybridized carbons (Fsp3) is 0.289. The zero-order valence-corrected chi connectivity index (χ0v) is 30.0. The smallest absolute Gasteiger partial charge is 0.286 e. The zero-order chi connectivity index (χ0) is 34.1. The number of carbonyl (C=O) groups excluding carboxylic acids is 1. The van der Waals surface area contributed by atoms with Crippen molar-refractivity contribution in [2.24, 2.45) is 0 Å². The molecule has 0 aliphatic carbocycles. The van der Waals surface area contributed by atoms with E-state index in [1.54, 1.807) is 21.6 Å². The lowest BCUT2D eigenvalue weighted by molar-refractivity contribution is -0.704. The molecule has 4 aromatic rings. The predicted molar refractivity (Wildman–Crippen MR) is 205 cm³/mol. The lowest BCUT2D eigenvalue weighted by atomic mass is 10.1. The van der Waals surface area contributed by atoms with Crippen molar-refractivity contribution in [2.75, 3.05) is 62.6 Å². The number of aromatic nitrogens is 2. The Labute approximate surface area is 293 Å². The topological polar surface area (TPSA) is 75.6 Å². The summed E-state index contributed by atoms with van der Waals surface area (Å²) in [5, 5.41) is 16.6. The first-order chi connectivity index (χ1) is 23.2. The van der Waals surface area contributed by atoms with Crippen molar-refractivity contribution in [3.63, 3.8) is 0 Å². The third-order valence-electron chi connectivity index (χ3n) is 7.46. The summed E-state index contributed by atoms with van der Waals surface area (Å²) in [6, 6.07) is 25.0. The van der Waals surface area contributed by atoms with Crippen LogP contribution in [0.1, 0.15) is 22.3 Å². The summed E-state index contributed by atoms with van der Waals surface area (Å²) in [4.78, 5) is 16.5. The van der Waals surface area contributed by atoms with E-state index in [1.165, 1.54) is 11.4 Å². The van der Waals surface area contributed by atoms with Crippen LogP contribution in [0.5, 0.6) is 0 Å². The molecule has 0 aliphatic heterocycles. The minimum absolute atomic E-state index is 0.00359. The highest BCUT2D eigenvalue weighted by atomic mass is 33.1. The number of nitrogens with zero attached hydrogens (tertiary/aromatic N) is 4. The Kier molecular flexibility index (Phi) is 15.1. The Bertz CT molecular complexity index is 1590. The fourth-order valence-electron chi connectivity index (χ4n) is 4.64. The second kappa shape index (κ2) is 19.7. The standard InChI is InChI=1S/C38H47N6O2S2/c1-41(2)35-13-9-31(10-14-35)5-7-33-17-23-43(24-18-33)29-37(45)39-21-27-47-48-28-22-40-38(46)30-44-25-19-34(20-26-44)8-6-32-11-15-36(16-12-32)42(3)4/h5-20,23-26,37,39,45H,21-22,27-30H2,1-4H3/q+1/p+1. The summed E-state index contributed by atoms with van der Waals surface area (Å²) in [6.07, 6.45) is 15.6. The maximum Gasteiger partial charge on any atom is 0.286 e. The molecule has 10 heteroatoms. The molecule has 2 heterocycles. The normalized spacial score (nSPS) is 12.0. The van der Waals surface area contributed by atoms with Gasteiger partial charge in [-0.3, -0.25) is 10.1 Å². The van der Waals surface area contributed by atoms with E-state index in [0.29, 0.717) is 26.2 Å². The molecule has 3 N–H and O–H groups in total. The molecular formula is C38H48N6O2S2+2. The van der Waals surface area contributed by atoms with Crippen molar-refractivity contribution in [3.05, 3.63) is 120 Å². The molecule has 2 aromatic heterocycles. The first kappa shape index (κ1) is 36.7. The monoisotopic (exact) mass is 684 g/mol. The summed E-state index contributed by atoms with van der Waals surface area (Å²) in [5.41, 5.74) is 6.84. The number of amides is 1. The van der Waals surface area contributed by atoms with Crippen LogP contribution in [-0.2, 0) is 17.9 Å². The average Bonchev–Trinajstić information content (AvgIpc) is 3.09. The Morgan fingerprint density at radius 3 is 1.54 bits per heavy atom. The van der Waals surface area contributed by atoms with Gasteiger partial charge in [-0.1, -0.05) is 70.2 Å². The molecule has 1 unspecified atom stereocenters. The number of benzene rings is 2. The molecule has 0 bridgehead atoms. The third-order valence-corrected chi connectivity index (χ3v) is 9.86. The van der Waals surface area contributed by atoms with Gasteiger partial charge in [0, 0.05) is 88.4 Å². The van der Waals surface area contributed by atoms with Crippen molar-refractivity contribution in [3.8, 4) is 0 Å². The highest BCUT2D eigenvalue weighted by Gasteiger charge is 2.10. The summed E-state index contributed by atoms with van der Waals surface area (Å²) >= 11 is 0. The van der Waals surface area contributed by atoms with Crippen molar-refractivity contribution >= 4 is 63.2 Å². The second-order valence-electron chi connectivity index (χ2n) is 11.7. The molecule has 1 amide bonds. The number of nitrogens with one attached hydrogen (secondary N) is 2. The largest absolute Gasteiger partial charge is 0.378 e. The Morgan fingerprint density at radius 1 is 0.667 bits per heavy atom. The highest BCUT2D eigenvalue weighted by Crippen LogP contribution is 2.19. The first-order valence-electron chi connectivity index (χ1n) is 16.1. The molecule has 1 atom stereocenters. The maximum absolute atomic E-state index is 12.4. The van der Waals surface area contributed by atoms with Crippen molar-refractivity contribution in [1.82, 2.24) is 10.6 Å². The molecule has 8 nitrogen and oxygen atoms in total. The van der Waals surface area contributed by atoms with E-state index in [9.17, 15) is 9.90 Å². The van der Waals surface area contributed by atoms with Gasteiger partial charge in [0.1, 0.15) is 0 Å². The number of hydrogen-bond donors (Lipinski definition) is 3. The van der Waals surface area contributed by atoms with E-state index in [2.05, 4.69) is 93.3 Å². The molecule has 0 aliphatic rings. The van der Waals surface area contributed by atoms with Crippen LogP contribution in [0.4, 0.5) is 11.4 Å². The van der Waals surface area contributed by atoms with Crippen molar-refractivity contribution in [1.29, 1.82) is 0 Å². The van der Waals surface area contributed by atoms with Gasteiger partial charge < -0.3 is 20.2 Å². The summed E-state index contributed by atoms with van der Waals surface area (Å²) < 4.78 is 3.86. The van der Waals surface area contributed by atoms with E-state index in [4.69, 9.17) is 0 Å². The zero-order valence-electron chi connectivity index (χ0n) is 28.3. The van der Waals surface area contributed by atoms with Crippen LogP contribution in [0.15, 0.2) is 97.6 Å². The van der Waals surface area contributed by atoms with E-state index in [-0.39, 0.29) is 5.91 Å². The van der Waals surface area contributed by atoms with Crippen LogP contribution in [0.3, 0.4) is 0 Å². The molecular weight excluding hydrogens is 637 g/mol. The number of aliphatic hydroxyl groups excluding tert-OH is 1. The second-order valence-corrected chi connectivity index (χ2v) is 14.4. The fourth-order valence-corrected chi connectivity index (χ4v) is 6.47. The van der Waals surface area contributed by atoms with E-state index >= 15 is 0 Å². The maximum atomic E-state index is 12.4. The number of carbonyl (C=O) groups is 1. The Balaban J connectivity index is 1.03. The SMILES string of the molecule is CN(C)c1ccc(C=Cc2cc[n+](CC(=O)NCCSSCCNC(O)C[n+]3ccc(C=Cc4ccc(N(C)C)cc4)cc3)cc2)cc1. The minimum Gasteiger partial charge on any atom is -0.378 e. The Morgan fingerprint density at radius 2 is 1.08 bits per heavy atom. The number of pyridine rings is 2. The molecule has 0 radical (unpaired) electrons. The van der Waals surface area contributed by atoms with Crippen molar-refractivity contribution < 1.29 is 19.0 Å². The number of anilines is 2. The summed E-state index contributed by atoms with van der Waals surface area (Å²) in [6.45, 7) is 2.08. The third kappa shape index (κ3) is 13.2. The van der Waals surface area contributed by atoms with Crippen LogP contribution in [-0.4, -0.2) is 70.0 Å². The first-order valence-corrected chi connectivity index (χ1v) is 18.6. The van der Waals surface area contributed by atoms with Gasteiger partial charge in [-0.25, -0.2) is 4.57 Å². The van der Waals surface area contributed by atoms with Gasteiger partial charge in [0.05, 0.1) is 0 Å². The van der Waals surface area contributed by atoms with Gasteiger partial charge in [0.2, 0.25) is 6.54 Å². The summed E-state index contributed by atoms with van der Waals surface area (Å²) in [5.74, 6) is 1.68. The van der Waals surface area contributed by atoms with Gasteiger partial charge >= 0.3 is 0 Å². The van der Waals surface area contributed by atoms with Crippen LogP contribution in [0, 0.1) is 0 Å². The minimum atomic E-state index is -0.625. The highest BCUT2D eigenvalue weighted by molar-refractivity contribution is 8.76. The van der Waals surface area contributed by atoms with Crippen LogP contribution < -0.4 is 29.6 Å². The van der Waals surface area contributed by atoms with Crippen LogP contribution >= 0.6 is 21.6 Å². The lowest BCUT2D eigenvalue weighted by Crippen LogP contribution is -2.45. The van der Waals surface area contributed by atoms with Crippen LogP contribution in [0.25, 0.3) is 24.3 Å². The molecule has 2 aromatic carbocycles. The molecule has 0 fully saturated rings. The average molecular weight is 685 g/mol. The molecule has 48 heavy (non-hydrogen) atoms. The van der Waals surface area contributed by atoms with Gasteiger partial charge in [-0.2, -0.15) is 4.57 Å². The number of rotatable bonds is 18. The lowest BCUT2D eigenvalue weighted by Gasteiger charge is -2.11. The van der Waals surface area contributed by atoms with E-state index < -0.39 is 6.23 Å². The van der Waals surface area contributed by atoms with Gasteiger partial charge in [0.15, 0.2) is 37.6 Å². The summed E-state index contributed by atoms with van der Waals surface area (Å²) in [7, 11) is 11.6. The number of aliphatic hydroxyl groups is 1. The molecule has 0 saturated heterocycles. The van der Waals surface area contributed by atoms with Gasteiger partial charge in [-0.15, -0.1) is 0 Å². The van der Waals surface area contributed by atoms with E-state index in [1.807, 2.05) is 86.4 Å². The quantitative estimate of drug-likeness (QED) is 0.0600. The van der Waals surface area contributed by atoms with Crippen molar-refractivity contribution in [2.45, 2.75) is 19.3 Å². The van der Waals surface area contributed by atoms with Gasteiger partial charge in [-0.05, 0) is 46.5 Å². The van der Waals surface area contributed by atoms with Gasteiger partial charge in [0.25, 0.3) is 5.91 Å².